The fraction of sp³-hybridized carbons (Fsp3) is 0.0769. The number of amides is 1. The number of nitrogens with zero attached hydrogens (tertiary/aromatic N) is 1. The van der Waals surface area contributed by atoms with Gasteiger partial charge in [-0.2, -0.15) is 0 Å². The largest absolute Gasteiger partial charge is 0.290 e. The van der Waals surface area contributed by atoms with E-state index in [0.29, 0.717) is 27.0 Å². The predicted octanol–water partition coefficient (Wildman–Crippen LogP) is 2.97. The van der Waals surface area contributed by atoms with E-state index in [9.17, 15) is 4.79 Å². The second kappa shape index (κ2) is 5.57. The third-order valence-corrected chi connectivity index (χ3v) is 3.22. The second-order valence-corrected chi connectivity index (χ2v) is 4.77. The number of nitrogens with one attached hydrogen (secondary N) is 1. The Morgan fingerprint density at radius 2 is 2.00 bits per heavy atom. The summed E-state index contributed by atoms with van der Waals surface area (Å²) in [6.07, 6.45) is 0. The Morgan fingerprint density at radius 3 is 2.58 bits per heavy atom. The van der Waals surface area contributed by atoms with Crippen LogP contribution in [0.3, 0.4) is 0 Å². The maximum absolute atomic E-state index is 11.5. The lowest BCUT2D eigenvalue weighted by molar-refractivity contribution is 0.0952. The molecule has 0 radical (unpaired) electrons. The van der Waals surface area contributed by atoms with E-state index in [0.717, 1.165) is 5.56 Å². The molecule has 4 nitrogen and oxygen atoms in total. The molecule has 0 atom stereocenters. The first kappa shape index (κ1) is 13.8. The van der Waals surface area contributed by atoms with Gasteiger partial charge in [0, 0.05) is 10.6 Å². The first-order chi connectivity index (χ1) is 9.02. The maximum atomic E-state index is 11.5. The number of aryl methyl sites for hydroxylation is 1. The van der Waals surface area contributed by atoms with Gasteiger partial charge in [0.15, 0.2) is 0 Å². The van der Waals surface area contributed by atoms with Gasteiger partial charge in [0.2, 0.25) is 0 Å². The summed E-state index contributed by atoms with van der Waals surface area (Å²) in [6, 6.07) is 8.54. The number of pyridine rings is 1. The number of nitrogens with two attached hydrogens (primary N) is 1. The number of aromatic nitrogens is 1. The van der Waals surface area contributed by atoms with E-state index in [-0.39, 0.29) is 5.91 Å². The van der Waals surface area contributed by atoms with Crippen LogP contribution in [0.25, 0.3) is 11.3 Å². The highest BCUT2D eigenvalue weighted by Gasteiger charge is 2.11. The number of nitrogen functional groups attached to an aromatic ring is 1. The Bertz CT molecular complexity index is 644. The first-order valence-corrected chi connectivity index (χ1v) is 6.22. The summed E-state index contributed by atoms with van der Waals surface area (Å²) >= 11 is 12.0. The highest BCUT2D eigenvalue weighted by Crippen LogP contribution is 2.29. The monoisotopic (exact) mass is 295 g/mol. The van der Waals surface area contributed by atoms with Crippen molar-refractivity contribution >= 4 is 29.1 Å². The molecule has 0 aliphatic heterocycles. The van der Waals surface area contributed by atoms with Crippen molar-refractivity contribution in [2.45, 2.75) is 6.92 Å². The summed E-state index contributed by atoms with van der Waals surface area (Å²) in [5, 5.41) is 1.07. The molecule has 3 N–H and O–H groups in total. The summed E-state index contributed by atoms with van der Waals surface area (Å²) in [4.78, 5) is 15.8. The van der Waals surface area contributed by atoms with Crippen LogP contribution in [0.4, 0.5) is 0 Å². The van der Waals surface area contributed by atoms with Gasteiger partial charge in [0.1, 0.15) is 0 Å². The van der Waals surface area contributed by atoms with Crippen molar-refractivity contribution in [1.29, 1.82) is 0 Å². The number of benzene rings is 1. The van der Waals surface area contributed by atoms with E-state index in [1.807, 2.05) is 0 Å². The number of halogens is 2. The molecular formula is C13H11Cl2N3O. The number of hydrogen-bond acceptors (Lipinski definition) is 3. The smallest absolute Gasteiger partial charge is 0.267 e. The Morgan fingerprint density at radius 1 is 1.26 bits per heavy atom. The Kier molecular flexibility index (Phi) is 4.04. The molecule has 98 valence electrons. The zero-order valence-electron chi connectivity index (χ0n) is 10.1. The number of hydrogen-bond donors (Lipinski definition) is 2. The van der Waals surface area contributed by atoms with Gasteiger partial charge in [0.25, 0.3) is 5.91 Å². The third kappa shape index (κ3) is 2.87. The highest BCUT2D eigenvalue weighted by atomic mass is 35.5. The zero-order valence-corrected chi connectivity index (χ0v) is 11.6. The van der Waals surface area contributed by atoms with Crippen LogP contribution in [0.2, 0.25) is 10.0 Å². The zero-order chi connectivity index (χ0) is 14.0. The van der Waals surface area contributed by atoms with Crippen molar-refractivity contribution < 1.29 is 4.79 Å². The van der Waals surface area contributed by atoms with Crippen LogP contribution in [0, 0.1) is 6.92 Å². The van der Waals surface area contributed by atoms with E-state index in [1.165, 1.54) is 0 Å². The van der Waals surface area contributed by atoms with E-state index in [2.05, 4.69) is 10.4 Å². The molecule has 1 amide bonds. The molecular weight excluding hydrogens is 285 g/mol. The minimum absolute atomic E-state index is 0.376. The molecule has 19 heavy (non-hydrogen) atoms. The average Bonchev–Trinajstić information content (AvgIpc) is 2.37. The van der Waals surface area contributed by atoms with E-state index >= 15 is 0 Å². The Hall–Kier alpha value is -1.62. The van der Waals surface area contributed by atoms with Crippen molar-refractivity contribution in [3.8, 4) is 11.3 Å². The summed E-state index contributed by atoms with van der Waals surface area (Å²) in [5.41, 5.74) is 4.51. The van der Waals surface area contributed by atoms with Crippen LogP contribution in [0.15, 0.2) is 30.3 Å². The van der Waals surface area contributed by atoms with Crippen LogP contribution in [-0.4, -0.2) is 10.9 Å². The fourth-order valence-electron chi connectivity index (χ4n) is 1.73. The fourth-order valence-corrected chi connectivity index (χ4v) is 2.23. The molecule has 0 bridgehead atoms. The lowest BCUT2D eigenvalue weighted by Gasteiger charge is -2.08. The molecule has 1 aromatic heterocycles. The molecule has 1 aromatic carbocycles. The van der Waals surface area contributed by atoms with Gasteiger partial charge < -0.3 is 0 Å². The van der Waals surface area contributed by atoms with Crippen LogP contribution in [0.1, 0.15) is 16.1 Å². The van der Waals surface area contributed by atoms with Gasteiger partial charge in [-0.3, -0.25) is 15.2 Å². The summed E-state index contributed by atoms with van der Waals surface area (Å²) in [6.45, 7) is 1.73. The van der Waals surface area contributed by atoms with Crippen molar-refractivity contribution in [3.05, 3.63) is 51.6 Å². The summed E-state index contributed by atoms with van der Waals surface area (Å²) in [5.74, 6) is 4.72. The minimum atomic E-state index is -0.376. The molecule has 2 aromatic rings. The van der Waals surface area contributed by atoms with Crippen molar-refractivity contribution in [2.24, 2.45) is 5.84 Å². The van der Waals surface area contributed by atoms with Crippen molar-refractivity contribution in [2.75, 3.05) is 0 Å². The molecule has 2 rings (SSSR count). The lowest BCUT2D eigenvalue weighted by atomic mass is 10.1. The molecule has 0 fully saturated rings. The number of hydrazine groups is 1. The van der Waals surface area contributed by atoms with Gasteiger partial charge in [-0.25, -0.2) is 5.84 Å². The van der Waals surface area contributed by atoms with Crippen molar-refractivity contribution in [1.82, 2.24) is 10.4 Å². The van der Waals surface area contributed by atoms with Crippen LogP contribution < -0.4 is 11.3 Å². The second-order valence-electron chi connectivity index (χ2n) is 3.93. The van der Waals surface area contributed by atoms with Gasteiger partial charge in [-0.1, -0.05) is 23.2 Å². The van der Waals surface area contributed by atoms with E-state index in [1.54, 1.807) is 37.3 Å². The molecule has 0 saturated carbocycles. The quantitative estimate of drug-likeness (QED) is 0.508. The topological polar surface area (TPSA) is 68.0 Å². The van der Waals surface area contributed by atoms with E-state index in [4.69, 9.17) is 29.0 Å². The number of carbonyl (C=O) groups excluding carboxylic acids is 1. The van der Waals surface area contributed by atoms with Gasteiger partial charge in [0.05, 0.1) is 22.0 Å². The standard InChI is InChI=1S/C13H11Cl2N3O/c1-7-9(13(19)18-16)4-5-12(17-7)10-3-2-8(14)6-11(10)15/h2-6H,16H2,1H3,(H,18,19). The maximum Gasteiger partial charge on any atom is 0.267 e. The minimum Gasteiger partial charge on any atom is -0.290 e. The number of carbonyl (C=O) groups is 1. The van der Waals surface area contributed by atoms with E-state index < -0.39 is 0 Å². The summed E-state index contributed by atoms with van der Waals surface area (Å²) < 4.78 is 0. The first-order valence-electron chi connectivity index (χ1n) is 5.47. The van der Waals surface area contributed by atoms with Gasteiger partial charge >= 0.3 is 0 Å². The van der Waals surface area contributed by atoms with Crippen LogP contribution in [0.5, 0.6) is 0 Å². The lowest BCUT2D eigenvalue weighted by Crippen LogP contribution is -2.30. The molecule has 0 saturated heterocycles. The predicted molar refractivity (Wildman–Crippen MR) is 76.1 cm³/mol. The average molecular weight is 296 g/mol. The molecule has 0 aliphatic carbocycles. The summed E-state index contributed by atoms with van der Waals surface area (Å²) in [7, 11) is 0. The third-order valence-electron chi connectivity index (χ3n) is 2.67. The Balaban J connectivity index is 2.47. The van der Waals surface area contributed by atoms with Crippen LogP contribution in [-0.2, 0) is 0 Å². The molecule has 6 heteroatoms. The molecule has 0 spiro atoms. The van der Waals surface area contributed by atoms with Crippen molar-refractivity contribution in [3.63, 3.8) is 0 Å². The molecule has 0 aliphatic rings. The molecule has 0 unspecified atom stereocenters. The normalized spacial score (nSPS) is 10.3. The number of rotatable bonds is 2. The Labute approximate surface area is 120 Å². The molecule has 1 heterocycles. The van der Waals surface area contributed by atoms with Gasteiger partial charge in [-0.05, 0) is 37.3 Å². The highest BCUT2D eigenvalue weighted by molar-refractivity contribution is 6.36. The van der Waals surface area contributed by atoms with Gasteiger partial charge in [-0.15, -0.1) is 0 Å². The SMILES string of the molecule is Cc1nc(-c2ccc(Cl)cc2Cl)ccc1C(=O)NN. The van der Waals surface area contributed by atoms with Crippen LogP contribution >= 0.6 is 23.2 Å².